The predicted molar refractivity (Wildman–Crippen MR) is 56.0 cm³/mol. The number of hydrogen-bond acceptors (Lipinski definition) is 2. The molecule has 0 saturated heterocycles. The van der Waals surface area contributed by atoms with Crippen molar-refractivity contribution in [3.05, 3.63) is 34.7 Å². The summed E-state index contributed by atoms with van der Waals surface area (Å²) in [5.41, 5.74) is 7.40. The highest BCUT2D eigenvalue weighted by molar-refractivity contribution is 6.33. The van der Waals surface area contributed by atoms with Crippen molar-refractivity contribution in [2.45, 2.75) is 6.92 Å². The molecule has 0 spiro atoms. The van der Waals surface area contributed by atoms with Gasteiger partial charge in [0, 0.05) is 6.20 Å². The van der Waals surface area contributed by atoms with Crippen LogP contribution in [0.4, 0.5) is 0 Å². The van der Waals surface area contributed by atoms with Gasteiger partial charge in [0.05, 0.1) is 10.7 Å². The lowest BCUT2D eigenvalue weighted by atomic mass is 10.3. The molecule has 3 N–H and O–H groups in total. The molecule has 0 aromatic carbocycles. The summed E-state index contributed by atoms with van der Waals surface area (Å²) < 4.78 is 1.72. The molecule has 5 heteroatoms. The Morgan fingerprint density at radius 1 is 1.64 bits per heavy atom. The molecule has 2 aromatic heterocycles. The molecule has 2 heterocycles. The third-order valence-corrected chi connectivity index (χ3v) is 2.33. The van der Waals surface area contributed by atoms with Crippen molar-refractivity contribution in [2.24, 2.45) is 5.73 Å². The zero-order valence-corrected chi connectivity index (χ0v) is 8.34. The smallest absolute Gasteiger partial charge is 0.156 e. The molecule has 0 aliphatic heterocycles. The van der Waals surface area contributed by atoms with E-state index in [2.05, 4.69) is 4.98 Å². The van der Waals surface area contributed by atoms with Crippen LogP contribution in [-0.2, 0) is 0 Å². The number of nitrogen functional groups attached to an aromatic ring is 1. The minimum Gasteiger partial charge on any atom is -0.382 e. The van der Waals surface area contributed by atoms with Gasteiger partial charge in [0.25, 0.3) is 0 Å². The van der Waals surface area contributed by atoms with Gasteiger partial charge in [-0.1, -0.05) is 11.6 Å². The number of aromatic nitrogens is 2. The molecule has 2 aromatic rings. The highest BCUT2D eigenvalue weighted by atomic mass is 35.5. The lowest BCUT2D eigenvalue weighted by Gasteiger charge is -1.99. The van der Waals surface area contributed by atoms with Crippen molar-refractivity contribution < 1.29 is 0 Å². The van der Waals surface area contributed by atoms with Gasteiger partial charge < -0.3 is 5.73 Å². The van der Waals surface area contributed by atoms with E-state index in [1.165, 1.54) is 0 Å². The second-order valence-electron chi connectivity index (χ2n) is 3.01. The minimum absolute atomic E-state index is 0.00253. The lowest BCUT2D eigenvalue weighted by Crippen LogP contribution is -2.15. The van der Waals surface area contributed by atoms with Crippen LogP contribution in [0.5, 0.6) is 0 Å². The van der Waals surface area contributed by atoms with Crippen LogP contribution in [0.15, 0.2) is 18.3 Å². The molecule has 0 saturated carbocycles. The average molecular weight is 209 g/mol. The molecule has 0 aliphatic rings. The average Bonchev–Trinajstić information content (AvgIpc) is 2.42. The molecule has 14 heavy (non-hydrogen) atoms. The van der Waals surface area contributed by atoms with Crippen LogP contribution in [0.3, 0.4) is 0 Å². The summed E-state index contributed by atoms with van der Waals surface area (Å²) in [6, 6.07) is 3.55. The monoisotopic (exact) mass is 208 g/mol. The lowest BCUT2D eigenvalue weighted by molar-refractivity contribution is 1.14. The van der Waals surface area contributed by atoms with Gasteiger partial charge in [0.1, 0.15) is 11.5 Å². The second-order valence-corrected chi connectivity index (χ2v) is 3.42. The van der Waals surface area contributed by atoms with Crippen molar-refractivity contribution >= 4 is 23.1 Å². The number of nitrogens with two attached hydrogens (primary N) is 1. The summed E-state index contributed by atoms with van der Waals surface area (Å²) in [6.07, 6.45) is 1.79. The van der Waals surface area contributed by atoms with Crippen LogP contribution in [0.25, 0.3) is 5.65 Å². The number of aryl methyl sites for hydroxylation is 1. The number of amidine groups is 1. The molecule has 0 unspecified atom stereocenters. The van der Waals surface area contributed by atoms with Crippen LogP contribution in [0.1, 0.15) is 11.4 Å². The molecule has 4 nitrogen and oxygen atoms in total. The second kappa shape index (κ2) is 2.99. The number of rotatable bonds is 1. The fraction of sp³-hybridized carbons (Fsp3) is 0.111. The van der Waals surface area contributed by atoms with Crippen molar-refractivity contribution in [3.63, 3.8) is 0 Å². The normalized spacial score (nSPS) is 10.7. The molecule has 2 rings (SSSR count). The van der Waals surface area contributed by atoms with Crippen LogP contribution in [0.2, 0.25) is 5.02 Å². The Morgan fingerprint density at radius 2 is 2.36 bits per heavy atom. The zero-order valence-electron chi connectivity index (χ0n) is 7.58. The zero-order chi connectivity index (χ0) is 10.3. The Bertz CT molecular complexity index is 515. The standard InChI is InChI=1S/C9H9ClN4/c1-5-7(8(11)12)14-4-2-3-6(10)9(14)13-5/h2-4H,1H3,(H3,11,12). The van der Waals surface area contributed by atoms with E-state index >= 15 is 0 Å². The van der Waals surface area contributed by atoms with E-state index in [1.54, 1.807) is 29.7 Å². The fourth-order valence-corrected chi connectivity index (χ4v) is 1.68. The number of fused-ring (bicyclic) bond motifs is 1. The minimum atomic E-state index is -0.00253. The number of nitrogens with one attached hydrogen (secondary N) is 1. The first-order valence-corrected chi connectivity index (χ1v) is 4.46. The molecule has 0 atom stereocenters. The third-order valence-electron chi connectivity index (χ3n) is 2.03. The van der Waals surface area contributed by atoms with E-state index in [4.69, 9.17) is 22.7 Å². The first-order chi connectivity index (χ1) is 6.61. The predicted octanol–water partition coefficient (Wildman–Crippen LogP) is 1.58. The molecular weight excluding hydrogens is 200 g/mol. The van der Waals surface area contributed by atoms with Crippen molar-refractivity contribution in [2.75, 3.05) is 0 Å². The Balaban J connectivity index is 2.90. The Labute approximate surface area is 85.8 Å². The van der Waals surface area contributed by atoms with E-state index in [-0.39, 0.29) is 5.84 Å². The molecule has 0 amide bonds. The van der Waals surface area contributed by atoms with Gasteiger partial charge in [-0.3, -0.25) is 9.81 Å². The number of halogens is 1. The molecule has 72 valence electrons. The van der Waals surface area contributed by atoms with Gasteiger partial charge >= 0.3 is 0 Å². The largest absolute Gasteiger partial charge is 0.382 e. The summed E-state index contributed by atoms with van der Waals surface area (Å²) in [4.78, 5) is 4.24. The summed E-state index contributed by atoms with van der Waals surface area (Å²) in [5, 5.41) is 7.98. The van der Waals surface area contributed by atoms with Crippen LogP contribution in [0, 0.1) is 12.3 Å². The third kappa shape index (κ3) is 1.15. The maximum atomic E-state index is 7.42. The fourth-order valence-electron chi connectivity index (χ4n) is 1.47. The number of hydrogen-bond donors (Lipinski definition) is 2. The first kappa shape index (κ1) is 9.02. The first-order valence-electron chi connectivity index (χ1n) is 4.09. The molecule has 0 aliphatic carbocycles. The maximum Gasteiger partial charge on any atom is 0.156 e. The van der Waals surface area contributed by atoms with Gasteiger partial charge in [-0.05, 0) is 19.1 Å². The van der Waals surface area contributed by atoms with E-state index in [0.29, 0.717) is 22.1 Å². The summed E-state index contributed by atoms with van der Waals surface area (Å²) >= 11 is 5.95. The van der Waals surface area contributed by atoms with Gasteiger partial charge in [0.15, 0.2) is 5.65 Å². The van der Waals surface area contributed by atoms with E-state index in [0.717, 1.165) is 0 Å². The highest BCUT2D eigenvalue weighted by Gasteiger charge is 2.12. The van der Waals surface area contributed by atoms with Crippen LogP contribution in [-0.4, -0.2) is 15.2 Å². The maximum absolute atomic E-state index is 7.42. The van der Waals surface area contributed by atoms with Gasteiger partial charge in [-0.25, -0.2) is 4.98 Å². The van der Waals surface area contributed by atoms with Gasteiger partial charge in [-0.15, -0.1) is 0 Å². The van der Waals surface area contributed by atoms with Crippen LogP contribution >= 0.6 is 11.6 Å². The Morgan fingerprint density at radius 3 is 3.00 bits per heavy atom. The molecule has 0 bridgehead atoms. The Kier molecular flexibility index (Phi) is 1.93. The van der Waals surface area contributed by atoms with E-state index in [1.807, 2.05) is 0 Å². The van der Waals surface area contributed by atoms with E-state index in [9.17, 15) is 0 Å². The van der Waals surface area contributed by atoms with Crippen molar-refractivity contribution in [1.29, 1.82) is 5.41 Å². The number of imidazole rings is 1. The summed E-state index contributed by atoms with van der Waals surface area (Å²) in [6.45, 7) is 1.81. The van der Waals surface area contributed by atoms with Crippen LogP contribution < -0.4 is 5.73 Å². The Hall–Kier alpha value is -1.55. The number of pyridine rings is 1. The highest BCUT2D eigenvalue weighted by Crippen LogP contribution is 2.19. The summed E-state index contributed by atoms with van der Waals surface area (Å²) in [7, 11) is 0. The quantitative estimate of drug-likeness (QED) is 0.552. The SMILES string of the molecule is Cc1nc2c(Cl)cccn2c1C(=N)N. The van der Waals surface area contributed by atoms with Gasteiger partial charge in [0.2, 0.25) is 0 Å². The number of nitrogens with zero attached hydrogens (tertiary/aromatic N) is 2. The molecule has 0 fully saturated rings. The summed E-state index contributed by atoms with van der Waals surface area (Å²) in [5.74, 6) is -0.00253. The molecule has 0 radical (unpaired) electrons. The van der Waals surface area contributed by atoms with Crippen molar-refractivity contribution in [3.8, 4) is 0 Å². The van der Waals surface area contributed by atoms with E-state index < -0.39 is 0 Å². The van der Waals surface area contributed by atoms with Gasteiger partial charge in [-0.2, -0.15) is 0 Å². The molecular formula is C9H9ClN4. The van der Waals surface area contributed by atoms with Crippen molar-refractivity contribution in [1.82, 2.24) is 9.38 Å². The topological polar surface area (TPSA) is 67.2 Å².